The van der Waals surface area contributed by atoms with Crippen molar-refractivity contribution in [3.8, 4) is 0 Å². The number of nitrogens with zero attached hydrogens (tertiary/aromatic N) is 1. The van der Waals surface area contributed by atoms with Gasteiger partial charge < -0.3 is 14.9 Å². The predicted octanol–water partition coefficient (Wildman–Crippen LogP) is 1.32. The fraction of sp³-hybridized carbons (Fsp3) is 0.700. The van der Waals surface area contributed by atoms with Crippen LogP contribution in [-0.2, 0) is 0 Å². The molecule has 1 aromatic heterocycles. The van der Waals surface area contributed by atoms with Gasteiger partial charge in [0.2, 0.25) is 0 Å². The van der Waals surface area contributed by atoms with Crippen LogP contribution in [0.5, 0.6) is 0 Å². The minimum Gasteiger partial charge on any atom is -0.396 e. The van der Waals surface area contributed by atoms with Crippen LogP contribution >= 0.6 is 0 Å². The van der Waals surface area contributed by atoms with Gasteiger partial charge in [-0.1, -0.05) is 5.16 Å². The summed E-state index contributed by atoms with van der Waals surface area (Å²) in [7, 11) is 0. The van der Waals surface area contributed by atoms with Crippen molar-refractivity contribution in [2.24, 2.45) is 0 Å². The third kappa shape index (κ3) is 2.56. The Balaban J connectivity index is 2.55. The summed E-state index contributed by atoms with van der Waals surface area (Å²) in [5.41, 5.74) is 2.06. The normalized spacial score (nSPS) is 13.1. The van der Waals surface area contributed by atoms with Crippen molar-refractivity contribution in [2.75, 3.05) is 13.2 Å². The quantitative estimate of drug-likeness (QED) is 0.701. The average molecular weight is 198 g/mol. The molecule has 1 heterocycles. The van der Waals surface area contributed by atoms with Gasteiger partial charge in [0.15, 0.2) is 0 Å². The number of rotatable bonds is 5. The van der Waals surface area contributed by atoms with Gasteiger partial charge in [0.1, 0.15) is 5.76 Å². The Kier molecular flexibility index (Phi) is 4.10. The molecule has 0 radical (unpaired) electrons. The van der Waals surface area contributed by atoms with E-state index in [0.29, 0.717) is 0 Å². The summed E-state index contributed by atoms with van der Waals surface area (Å²) in [6.07, 6.45) is 0.772. The predicted molar refractivity (Wildman–Crippen MR) is 54.1 cm³/mol. The molecule has 4 heteroatoms. The first kappa shape index (κ1) is 11.2. The van der Waals surface area contributed by atoms with Gasteiger partial charge in [0.25, 0.3) is 0 Å². The van der Waals surface area contributed by atoms with Crippen LogP contribution in [0.15, 0.2) is 4.52 Å². The number of hydrogen-bond acceptors (Lipinski definition) is 4. The molecule has 0 bridgehead atoms. The smallest absolute Gasteiger partial charge is 0.138 e. The molecule has 0 saturated heterocycles. The second-order valence-corrected chi connectivity index (χ2v) is 3.49. The number of nitrogens with one attached hydrogen (secondary N) is 1. The Morgan fingerprint density at radius 1 is 1.50 bits per heavy atom. The molecular formula is C10H18N2O2. The maximum absolute atomic E-state index is 8.65. The van der Waals surface area contributed by atoms with E-state index >= 15 is 0 Å². The maximum Gasteiger partial charge on any atom is 0.138 e. The van der Waals surface area contributed by atoms with Crippen LogP contribution < -0.4 is 5.32 Å². The van der Waals surface area contributed by atoms with E-state index in [9.17, 15) is 0 Å². The van der Waals surface area contributed by atoms with E-state index < -0.39 is 0 Å². The highest BCUT2D eigenvalue weighted by Crippen LogP contribution is 2.20. The van der Waals surface area contributed by atoms with Gasteiger partial charge >= 0.3 is 0 Å². The molecule has 1 atom stereocenters. The topological polar surface area (TPSA) is 58.3 Å². The summed E-state index contributed by atoms with van der Waals surface area (Å²) in [5, 5.41) is 15.9. The zero-order valence-corrected chi connectivity index (χ0v) is 9.00. The molecule has 0 saturated carbocycles. The molecular weight excluding hydrogens is 180 g/mol. The Morgan fingerprint density at radius 2 is 2.21 bits per heavy atom. The van der Waals surface area contributed by atoms with Crippen LogP contribution in [-0.4, -0.2) is 23.4 Å². The molecule has 1 rings (SSSR count). The first-order chi connectivity index (χ1) is 6.66. The minimum atomic E-state index is 0.224. The Labute approximate surface area is 84.3 Å². The van der Waals surface area contributed by atoms with E-state index in [0.717, 1.165) is 30.0 Å². The second kappa shape index (κ2) is 5.12. The van der Waals surface area contributed by atoms with Crippen LogP contribution in [0.1, 0.15) is 36.4 Å². The summed E-state index contributed by atoms with van der Waals surface area (Å²) >= 11 is 0. The van der Waals surface area contributed by atoms with Crippen molar-refractivity contribution in [1.29, 1.82) is 0 Å². The van der Waals surface area contributed by atoms with E-state index in [-0.39, 0.29) is 12.6 Å². The second-order valence-electron chi connectivity index (χ2n) is 3.49. The number of hydrogen-bond donors (Lipinski definition) is 2. The third-order valence-electron chi connectivity index (χ3n) is 2.31. The molecule has 80 valence electrons. The number of aryl methyl sites for hydroxylation is 2. The lowest BCUT2D eigenvalue weighted by molar-refractivity contribution is 0.284. The summed E-state index contributed by atoms with van der Waals surface area (Å²) in [5.74, 6) is 0.867. The van der Waals surface area contributed by atoms with Gasteiger partial charge in [-0.15, -0.1) is 0 Å². The highest BCUT2D eigenvalue weighted by molar-refractivity contribution is 5.24. The van der Waals surface area contributed by atoms with Crippen molar-refractivity contribution in [2.45, 2.75) is 33.2 Å². The lowest BCUT2D eigenvalue weighted by atomic mass is 10.1. The largest absolute Gasteiger partial charge is 0.396 e. The summed E-state index contributed by atoms with van der Waals surface area (Å²) in [6, 6.07) is 0.229. The molecule has 0 aliphatic heterocycles. The zero-order chi connectivity index (χ0) is 10.6. The molecule has 1 aromatic rings. The van der Waals surface area contributed by atoms with Crippen LogP contribution in [0.25, 0.3) is 0 Å². The Hall–Kier alpha value is -0.870. The van der Waals surface area contributed by atoms with Crippen molar-refractivity contribution in [3.63, 3.8) is 0 Å². The molecule has 0 aromatic carbocycles. The number of aliphatic hydroxyl groups is 1. The molecule has 0 fully saturated rings. The molecule has 0 aliphatic rings. The van der Waals surface area contributed by atoms with Gasteiger partial charge in [0.05, 0.1) is 5.69 Å². The van der Waals surface area contributed by atoms with E-state index in [1.807, 2.05) is 13.8 Å². The highest BCUT2D eigenvalue weighted by Gasteiger charge is 2.15. The van der Waals surface area contributed by atoms with E-state index in [4.69, 9.17) is 9.63 Å². The zero-order valence-electron chi connectivity index (χ0n) is 9.00. The van der Waals surface area contributed by atoms with Gasteiger partial charge in [-0.3, -0.25) is 0 Å². The average Bonchev–Trinajstić information content (AvgIpc) is 2.46. The maximum atomic E-state index is 8.65. The van der Waals surface area contributed by atoms with Gasteiger partial charge in [0, 0.05) is 18.2 Å². The molecule has 0 spiro atoms. The van der Waals surface area contributed by atoms with Crippen molar-refractivity contribution in [3.05, 3.63) is 17.0 Å². The number of aromatic nitrogens is 1. The first-order valence-electron chi connectivity index (χ1n) is 4.93. The third-order valence-corrected chi connectivity index (χ3v) is 2.31. The summed E-state index contributed by atoms with van der Waals surface area (Å²) < 4.78 is 5.08. The van der Waals surface area contributed by atoms with Crippen molar-refractivity contribution in [1.82, 2.24) is 10.5 Å². The van der Waals surface area contributed by atoms with Crippen LogP contribution in [0, 0.1) is 13.8 Å². The van der Waals surface area contributed by atoms with E-state index in [2.05, 4.69) is 17.4 Å². The molecule has 14 heavy (non-hydrogen) atoms. The van der Waals surface area contributed by atoms with Gasteiger partial charge in [-0.25, -0.2) is 0 Å². The first-order valence-corrected chi connectivity index (χ1v) is 4.93. The van der Waals surface area contributed by atoms with Crippen molar-refractivity contribution >= 4 is 0 Å². The van der Waals surface area contributed by atoms with Crippen LogP contribution in [0.3, 0.4) is 0 Å². The molecule has 2 N–H and O–H groups in total. The SMILES string of the molecule is Cc1noc(C)c1C(C)NCCCO. The standard InChI is InChI=1S/C10H18N2O2/c1-7(11-5-4-6-13)10-8(2)12-14-9(10)3/h7,11,13H,4-6H2,1-3H3. The van der Waals surface area contributed by atoms with E-state index in [1.54, 1.807) is 0 Å². The Morgan fingerprint density at radius 3 is 2.71 bits per heavy atom. The van der Waals surface area contributed by atoms with Crippen LogP contribution in [0.4, 0.5) is 0 Å². The molecule has 1 unspecified atom stereocenters. The fourth-order valence-corrected chi connectivity index (χ4v) is 1.61. The van der Waals surface area contributed by atoms with Crippen LogP contribution in [0.2, 0.25) is 0 Å². The van der Waals surface area contributed by atoms with E-state index in [1.165, 1.54) is 0 Å². The lowest BCUT2D eigenvalue weighted by Crippen LogP contribution is -2.21. The number of aliphatic hydroxyl groups excluding tert-OH is 1. The van der Waals surface area contributed by atoms with Gasteiger partial charge in [-0.05, 0) is 33.7 Å². The van der Waals surface area contributed by atoms with Crippen molar-refractivity contribution < 1.29 is 9.63 Å². The summed E-state index contributed by atoms with van der Waals surface area (Å²) in [6.45, 7) is 6.96. The monoisotopic (exact) mass is 198 g/mol. The minimum absolute atomic E-state index is 0.224. The Bertz CT molecular complexity index is 264. The molecule has 0 aliphatic carbocycles. The van der Waals surface area contributed by atoms with Gasteiger partial charge in [-0.2, -0.15) is 0 Å². The molecule has 0 amide bonds. The molecule has 4 nitrogen and oxygen atoms in total. The summed E-state index contributed by atoms with van der Waals surface area (Å²) in [4.78, 5) is 0. The lowest BCUT2D eigenvalue weighted by Gasteiger charge is -2.12. The fourth-order valence-electron chi connectivity index (χ4n) is 1.61. The highest BCUT2D eigenvalue weighted by atomic mass is 16.5.